The molecule has 0 saturated heterocycles. The molecule has 19 heavy (non-hydrogen) atoms. The van der Waals surface area contributed by atoms with Crippen LogP contribution in [-0.4, -0.2) is 14.4 Å². The Balaban J connectivity index is 1.84. The van der Waals surface area contributed by atoms with Crippen molar-refractivity contribution < 1.29 is 0 Å². The molecular weight excluding hydrogens is 256 g/mol. The SMILES string of the molecule is CCc1cnccc1C(N)Cc1cn2ccsc2n1. The first-order valence-corrected chi connectivity index (χ1v) is 7.25. The Morgan fingerprint density at radius 2 is 2.37 bits per heavy atom. The second kappa shape index (κ2) is 5.11. The molecule has 2 N–H and O–H groups in total. The lowest BCUT2D eigenvalue weighted by Gasteiger charge is -2.14. The van der Waals surface area contributed by atoms with Crippen LogP contribution in [0.5, 0.6) is 0 Å². The third-order valence-corrected chi connectivity index (χ3v) is 4.06. The number of hydrogen-bond donors (Lipinski definition) is 1. The fourth-order valence-electron chi connectivity index (χ4n) is 2.30. The second-order valence-corrected chi connectivity index (χ2v) is 5.44. The number of pyridine rings is 1. The summed E-state index contributed by atoms with van der Waals surface area (Å²) in [6, 6.07) is 1.99. The molecule has 0 fully saturated rings. The van der Waals surface area contributed by atoms with Crippen molar-refractivity contribution in [2.75, 3.05) is 0 Å². The summed E-state index contributed by atoms with van der Waals surface area (Å²) in [4.78, 5) is 9.76. The maximum atomic E-state index is 6.32. The number of nitrogens with zero attached hydrogens (tertiary/aromatic N) is 3. The van der Waals surface area contributed by atoms with Gasteiger partial charge in [-0.3, -0.25) is 9.38 Å². The zero-order chi connectivity index (χ0) is 13.2. The molecule has 3 rings (SSSR count). The highest BCUT2D eigenvalue weighted by Crippen LogP contribution is 2.20. The van der Waals surface area contributed by atoms with Gasteiger partial charge in [-0.1, -0.05) is 6.92 Å². The molecule has 3 heterocycles. The standard InChI is InChI=1S/C14H16N4S/c1-2-10-8-16-4-3-12(10)13(15)7-11-9-18-5-6-19-14(18)17-11/h3-6,8-9,13H,2,7,15H2,1H3. The lowest BCUT2D eigenvalue weighted by molar-refractivity contribution is 0.699. The second-order valence-electron chi connectivity index (χ2n) is 4.56. The van der Waals surface area contributed by atoms with E-state index in [0.29, 0.717) is 0 Å². The Hall–Kier alpha value is -1.72. The average Bonchev–Trinajstić information content (AvgIpc) is 2.99. The van der Waals surface area contributed by atoms with Crippen LogP contribution < -0.4 is 5.73 Å². The van der Waals surface area contributed by atoms with E-state index in [4.69, 9.17) is 5.73 Å². The third kappa shape index (κ3) is 2.39. The molecule has 0 amide bonds. The molecule has 3 aromatic heterocycles. The van der Waals surface area contributed by atoms with Gasteiger partial charge in [-0.2, -0.15) is 0 Å². The van der Waals surface area contributed by atoms with Crippen LogP contribution in [0.15, 0.2) is 36.2 Å². The third-order valence-electron chi connectivity index (χ3n) is 3.29. The van der Waals surface area contributed by atoms with E-state index in [1.807, 2.05) is 28.2 Å². The van der Waals surface area contributed by atoms with E-state index in [-0.39, 0.29) is 6.04 Å². The molecular formula is C14H16N4S. The molecule has 0 aliphatic carbocycles. The van der Waals surface area contributed by atoms with Crippen LogP contribution in [0, 0.1) is 0 Å². The average molecular weight is 272 g/mol. The van der Waals surface area contributed by atoms with Crippen LogP contribution in [0.25, 0.3) is 4.96 Å². The summed E-state index contributed by atoms with van der Waals surface area (Å²) < 4.78 is 2.04. The molecule has 0 aliphatic heterocycles. The van der Waals surface area contributed by atoms with Crippen molar-refractivity contribution >= 4 is 16.3 Å². The van der Waals surface area contributed by atoms with E-state index in [1.165, 1.54) is 11.1 Å². The molecule has 3 aromatic rings. The summed E-state index contributed by atoms with van der Waals surface area (Å²) in [6.45, 7) is 2.12. The predicted octanol–water partition coefficient (Wildman–Crippen LogP) is 2.60. The van der Waals surface area contributed by atoms with Gasteiger partial charge < -0.3 is 5.73 Å². The van der Waals surface area contributed by atoms with E-state index in [1.54, 1.807) is 17.5 Å². The van der Waals surface area contributed by atoms with Gasteiger partial charge in [0.05, 0.1) is 5.69 Å². The van der Waals surface area contributed by atoms with Gasteiger partial charge in [0, 0.05) is 42.6 Å². The van der Waals surface area contributed by atoms with Crippen molar-refractivity contribution in [2.45, 2.75) is 25.8 Å². The van der Waals surface area contributed by atoms with Gasteiger partial charge in [0.25, 0.3) is 0 Å². The maximum absolute atomic E-state index is 6.32. The molecule has 0 aromatic carbocycles. The minimum atomic E-state index is -0.0254. The minimum absolute atomic E-state index is 0.0254. The van der Waals surface area contributed by atoms with E-state index < -0.39 is 0 Å². The van der Waals surface area contributed by atoms with Crippen molar-refractivity contribution in [1.29, 1.82) is 0 Å². The molecule has 98 valence electrons. The van der Waals surface area contributed by atoms with Crippen LogP contribution in [0.1, 0.15) is 29.8 Å². The molecule has 0 radical (unpaired) electrons. The highest BCUT2D eigenvalue weighted by atomic mass is 32.1. The molecule has 0 spiro atoms. The number of aromatic nitrogens is 3. The lowest BCUT2D eigenvalue weighted by atomic mass is 9.98. The summed E-state index contributed by atoms with van der Waals surface area (Å²) in [5.74, 6) is 0. The van der Waals surface area contributed by atoms with Crippen LogP contribution in [0.3, 0.4) is 0 Å². The predicted molar refractivity (Wildman–Crippen MR) is 77.3 cm³/mol. The number of imidazole rings is 1. The Morgan fingerprint density at radius 1 is 1.47 bits per heavy atom. The zero-order valence-electron chi connectivity index (χ0n) is 10.8. The first-order valence-electron chi connectivity index (χ1n) is 6.37. The van der Waals surface area contributed by atoms with Crippen molar-refractivity contribution in [3.63, 3.8) is 0 Å². The number of aryl methyl sites for hydroxylation is 1. The number of hydrogen-bond acceptors (Lipinski definition) is 4. The van der Waals surface area contributed by atoms with Crippen LogP contribution in [-0.2, 0) is 12.8 Å². The van der Waals surface area contributed by atoms with Gasteiger partial charge >= 0.3 is 0 Å². The minimum Gasteiger partial charge on any atom is -0.324 e. The molecule has 5 heteroatoms. The number of fused-ring (bicyclic) bond motifs is 1. The number of thiazole rings is 1. The fraction of sp³-hybridized carbons (Fsp3) is 0.286. The summed E-state index contributed by atoms with van der Waals surface area (Å²) in [5, 5.41) is 2.03. The van der Waals surface area contributed by atoms with E-state index >= 15 is 0 Å². The Bertz CT molecular complexity index is 657. The summed E-state index contributed by atoms with van der Waals surface area (Å²) in [6.07, 6.45) is 9.49. The lowest BCUT2D eigenvalue weighted by Crippen LogP contribution is -2.15. The van der Waals surface area contributed by atoms with E-state index in [2.05, 4.69) is 23.1 Å². The topological polar surface area (TPSA) is 56.2 Å². The molecule has 0 bridgehead atoms. The van der Waals surface area contributed by atoms with Gasteiger partial charge in [-0.05, 0) is 23.6 Å². The maximum Gasteiger partial charge on any atom is 0.193 e. The van der Waals surface area contributed by atoms with Gasteiger partial charge in [0.1, 0.15) is 0 Å². The highest BCUT2D eigenvalue weighted by molar-refractivity contribution is 7.15. The first kappa shape index (κ1) is 12.3. The van der Waals surface area contributed by atoms with Crippen molar-refractivity contribution in [2.24, 2.45) is 5.73 Å². The number of nitrogens with two attached hydrogens (primary N) is 1. The van der Waals surface area contributed by atoms with E-state index in [9.17, 15) is 0 Å². The van der Waals surface area contributed by atoms with E-state index in [0.717, 1.165) is 23.5 Å². The Kier molecular flexibility index (Phi) is 3.31. The largest absolute Gasteiger partial charge is 0.324 e. The fourth-order valence-corrected chi connectivity index (χ4v) is 3.02. The van der Waals surface area contributed by atoms with Crippen LogP contribution in [0.4, 0.5) is 0 Å². The first-order chi connectivity index (χ1) is 9.28. The van der Waals surface area contributed by atoms with Crippen LogP contribution >= 0.6 is 11.3 Å². The van der Waals surface area contributed by atoms with Gasteiger partial charge in [0.2, 0.25) is 0 Å². The van der Waals surface area contributed by atoms with Gasteiger partial charge in [0.15, 0.2) is 4.96 Å². The quantitative estimate of drug-likeness (QED) is 0.794. The summed E-state index contributed by atoms with van der Waals surface area (Å²) in [5.41, 5.74) is 9.75. The summed E-state index contributed by atoms with van der Waals surface area (Å²) in [7, 11) is 0. The smallest absolute Gasteiger partial charge is 0.193 e. The summed E-state index contributed by atoms with van der Waals surface area (Å²) >= 11 is 1.64. The molecule has 1 atom stereocenters. The molecule has 4 nitrogen and oxygen atoms in total. The zero-order valence-corrected chi connectivity index (χ0v) is 11.6. The molecule has 0 saturated carbocycles. The monoisotopic (exact) mass is 272 g/mol. The Morgan fingerprint density at radius 3 is 3.16 bits per heavy atom. The molecule has 0 aliphatic rings. The van der Waals surface area contributed by atoms with Crippen molar-refractivity contribution in [3.05, 3.63) is 53.1 Å². The van der Waals surface area contributed by atoms with Crippen LogP contribution in [0.2, 0.25) is 0 Å². The van der Waals surface area contributed by atoms with Gasteiger partial charge in [-0.25, -0.2) is 4.98 Å². The number of rotatable bonds is 4. The molecule has 1 unspecified atom stereocenters. The normalized spacial score (nSPS) is 12.9. The van der Waals surface area contributed by atoms with Gasteiger partial charge in [-0.15, -0.1) is 11.3 Å². The van der Waals surface area contributed by atoms with Crippen molar-refractivity contribution in [1.82, 2.24) is 14.4 Å². The van der Waals surface area contributed by atoms with Crippen molar-refractivity contribution in [3.8, 4) is 0 Å². The highest BCUT2D eigenvalue weighted by Gasteiger charge is 2.13. The Labute approximate surface area is 115 Å².